The summed E-state index contributed by atoms with van der Waals surface area (Å²) in [5, 5.41) is 3.32. The van der Waals surface area contributed by atoms with Crippen LogP contribution in [0.15, 0.2) is 24.2 Å². The van der Waals surface area contributed by atoms with Crippen LogP contribution in [0.5, 0.6) is 0 Å². The maximum Gasteiger partial charge on any atom is 0.157 e. The molecular weight excluding hydrogens is 272 g/mol. The van der Waals surface area contributed by atoms with Gasteiger partial charge in [0, 0.05) is 31.4 Å². The van der Waals surface area contributed by atoms with Crippen LogP contribution < -0.4 is 5.32 Å². The van der Waals surface area contributed by atoms with Crippen LogP contribution >= 0.6 is 11.3 Å². The van der Waals surface area contributed by atoms with Gasteiger partial charge in [0.1, 0.15) is 22.5 Å². The largest absolute Gasteiger partial charge is 0.366 e. The van der Waals surface area contributed by atoms with Crippen LogP contribution in [-0.2, 0) is 6.54 Å². The van der Waals surface area contributed by atoms with Crippen LogP contribution in [0.1, 0.15) is 25.6 Å². The highest BCUT2D eigenvalue weighted by Gasteiger charge is 2.08. The van der Waals surface area contributed by atoms with Gasteiger partial charge in [0.15, 0.2) is 5.82 Å². The van der Waals surface area contributed by atoms with Gasteiger partial charge in [-0.2, -0.15) is 0 Å². The maximum atomic E-state index is 4.38. The van der Waals surface area contributed by atoms with Crippen molar-refractivity contribution in [1.82, 2.24) is 24.5 Å². The summed E-state index contributed by atoms with van der Waals surface area (Å²) >= 11 is 1.52. The van der Waals surface area contributed by atoms with Gasteiger partial charge in [-0.3, -0.25) is 0 Å². The molecule has 0 spiro atoms. The molecule has 0 atom stereocenters. The molecule has 3 heterocycles. The molecule has 3 aromatic rings. The van der Waals surface area contributed by atoms with Crippen LogP contribution in [-0.4, -0.2) is 31.0 Å². The van der Waals surface area contributed by atoms with E-state index in [9.17, 15) is 0 Å². The summed E-state index contributed by atoms with van der Waals surface area (Å²) in [5.74, 6) is 2.32. The zero-order chi connectivity index (χ0) is 13.9. The first-order valence-corrected chi connectivity index (χ1v) is 7.42. The summed E-state index contributed by atoms with van der Waals surface area (Å²) in [5.41, 5.74) is 2.63. The molecule has 104 valence electrons. The van der Waals surface area contributed by atoms with Gasteiger partial charge in [-0.1, -0.05) is 13.8 Å². The third-order valence-corrected chi connectivity index (χ3v) is 3.78. The summed E-state index contributed by atoms with van der Waals surface area (Å²) < 4.78 is 2.16. The fourth-order valence-electron chi connectivity index (χ4n) is 2.13. The van der Waals surface area contributed by atoms with E-state index >= 15 is 0 Å². The van der Waals surface area contributed by atoms with Crippen molar-refractivity contribution in [2.45, 2.75) is 26.3 Å². The van der Waals surface area contributed by atoms with E-state index in [0.717, 1.165) is 35.1 Å². The summed E-state index contributed by atoms with van der Waals surface area (Å²) in [6.07, 6.45) is 5.42. The van der Waals surface area contributed by atoms with E-state index < -0.39 is 0 Å². The molecule has 0 saturated heterocycles. The lowest BCUT2D eigenvalue weighted by atomic mass is 10.2. The first kappa shape index (κ1) is 13.0. The fourth-order valence-corrected chi connectivity index (χ4v) is 2.76. The number of nitrogens with zero attached hydrogens (tertiary/aromatic N) is 5. The minimum absolute atomic E-state index is 0.425. The molecule has 6 nitrogen and oxygen atoms in total. The van der Waals surface area contributed by atoms with Crippen LogP contribution in [0.2, 0.25) is 0 Å². The minimum atomic E-state index is 0.425. The maximum absolute atomic E-state index is 4.38. The van der Waals surface area contributed by atoms with Gasteiger partial charge in [-0.05, 0) is 0 Å². The van der Waals surface area contributed by atoms with Crippen LogP contribution in [0.4, 0.5) is 5.82 Å². The van der Waals surface area contributed by atoms with Crippen LogP contribution in [0.25, 0.3) is 10.3 Å². The van der Waals surface area contributed by atoms with Crippen molar-refractivity contribution in [3.8, 4) is 0 Å². The Morgan fingerprint density at radius 2 is 2.15 bits per heavy atom. The molecule has 0 fully saturated rings. The molecule has 0 radical (unpaired) electrons. The van der Waals surface area contributed by atoms with Gasteiger partial charge < -0.3 is 9.88 Å². The third-order valence-electron chi connectivity index (χ3n) is 3.04. The number of thiazole rings is 1. The number of hydrogen-bond acceptors (Lipinski definition) is 6. The molecule has 0 amide bonds. The van der Waals surface area contributed by atoms with E-state index in [1.54, 1.807) is 11.8 Å². The lowest BCUT2D eigenvalue weighted by Crippen LogP contribution is -2.14. The number of nitrogens with one attached hydrogen (secondary N) is 1. The van der Waals surface area contributed by atoms with Crippen molar-refractivity contribution in [2.75, 3.05) is 11.9 Å². The van der Waals surface area contributed by atoms with Crippen molar-refractivity contribution in [3.63, 3.8) is 0 Å². The van der Waals surface area contributed by atoms with Crippen molar-refractivity contribution < 1.29 is 0 Å². The standard InChI is InChI=1S/C13H16N6S/c1-9(2)12-15-4-6-19(12)5-3-14-11-10-13(17-7-16-11)20-8-18-10/h4,6-9H,3,5H2,1-2H3,(H,14,16,17). The third kappa shape index (κ3) is 2.49. The molecule has 0 aliphatic heterocycles. The number of aromatic nitrogens is 5. The Morgan fingerprint density at radius 3 is 3.00 bits per heavy atom. The lowest BCUT2D eigenvalue weighted by Gasteiger charge is -2.11. The highest BCUT2D eigenvalue weighted by molar-refractivity contribution is 7.16. The average molecular weight is 288 g/mol. The van der Waals surface area contributed by atoms with Crippen molar-refractivity contribution >= 4 is 27.5 Å². The zero-order valence-electron chi connectivity index (χ0n) is 11.4. The monoisotopic (exact) mass is 288 g/mol. The molecule has 0 bridgehead atoms. The first-order valence-electron chi connectivity index (χ1n) is 6.55. The van der Waals surface area contributed by atoms with E-state index in [1.165, 1.54) is 11.3 Å². The molecule has 0 aromatic carbocycles. The second kappa shape index (κ2) is 5.54. The smallest absolute Gasteiger partial charge is 0.157 e. The van der Waals surface area contributed by atoms with Gasteiger partial charge in [0.2, 0.25) is 0 Å². The van der Waals surface area contributed by atoms with Crippen LogP contribution in [0.3, 0.4) is 0 Å². The van der Waals surface area contributed by atoms with Crippen molar-refractivity contribution in [2.24, 2.45) is 0 Å². The minimum Gasteiger partial charge on any atom is -0.366 e. The lowest BCUT2D eigenvalue weighted by molar-refractivity contribution is 0.636. The molecule has 0 aliphatic rings. The number of rotatable bonds is 5. The highest BCUT2D eigenvalue weighted by atomic mass is 32.1. The van der Waals surface area contributed by atoms with Gasteiger partial charge in [0.05, 0.1) is 5.51 Å². The van der Waals surface area contributed by atoms with E-state index in [1.807, 2.05) is 12.4 Å². The second-order valence-corrected chi connectivity index (χ2v) is 5.62. The number of hydrogen-bond donors (Lipinski definition) is 1. The van der Waals surface area contributed by atoms with E-state index in [2.05, 4.69) is 43.7 Å². The Bertz CT molecular complexity index is 702. The van der Waals surface area contributed by atoms with E-state index in [4.69, 9.17) is 0 Å². The SMILES string of the molecule is CC(C)c1nccn1CCNc1ncnc2scnc12. The molecule has 0 unspecified atom stereocenters. The highest BCUT2D eigenvalue weighted by Crippen LogP contribution is 2.20. The van der Waals surface area contributed by atoms with Crippen molar-refractivity contribution in [3.05, 3.63) is 30.1 Å². The molecule has 1 N–H and O–H groups in total. The van der Waals surface area contributed by atoms with Gasteiger partial charge in [0.25, 0.3) is 0 Å². The molecule has 0 aliphatic carbocycles. The molecule has 7 heteroatoms. The molecule has 3 aromatic heterocycles. The summed E-state index contributed by atoms with van der Waals surface area (Å²) in [6, 6.07) is 0. The van der Waals surface area contributed by atoms with Gasteiger partial charge >= 0.3 is 0 Å². The Labute approximate surface area is 120 Å². The quantitative estimate of drug-likeness (QED) is 0.781. The van der Waals surface area contributed by atoms with Gasteiger partial charge in [-0.15, -0.1) is 11.3 Å². The van der Waals surface area contributed by atoms with Crippen LogP contribution in [0, 0.1) is 0 Å². The molecule has 20 heavy (non-hydrogen) atoms. The number of anilines is 1. The van der Waals surface area contributed by atoms with E-state index in [-0.39, 0.29) is 0 Å². The number of imidazole rings is 1. The topological polar surface area (TPSA) is 68.5 Å². The van der Waals surface area contributed by atoms with Gasteiger partial charge in [-0.25, -0.2) is 19.9 Å². The number of fused-ring (bicyclic) bond motifs is 1. The predicted octanol–water partition coefficient (Wildman–Crippen LogP) is 2.52. The Hall–Kier alpha value is -2.02. The Balaban J connectivity index is 1.68. The Morgan fingerprint density at radius 1 is 1.25 bits per heavy atom. The molecule has 0 saturated carbocycles. The first-order chi connectivity index (χ1) is 9.75. The molecular formula is C13H16N6S. The zero-order valence-corrected chi connectivity index (χ0v) is 12.3. The summed E-state index contributed by atoms with van der Waals surface area (Å²) in [6.45, 7) is 5.92. The van der Waals surface area contributed by atoms with E-state index in [0.29, 0.717) is 5.92 Å². The van der Waals surface area contributed by atoms with Crippen molar-refractivity contribution in [1.29, 1.82) is 0 Å². The fraction of sp³-hybridized carbons (Fsp3) is 0.385. The molecule has 3 rings (SSSR count). The Kier molecular flexibility index (Phi) is 3.60. The normalized spacial score (nSPS) is 11.3. The summed E-state index contributed by atoms with van der Waals surface area (Å²) in [4.78, 5) is 18.0. The predicted molar refractivity (Wildman–Crippen MR) is 80.0 cm³/mol. The average Bonchev–Trinajstić information content (AvgIpc) is 3.07. The second-order valence-electron chi connectivity index (χ2n) is 4.79. The summed E-state index contributed by atoms with van der Waals surface area (Å²) in [7, 11) is 0.